The lowest BCUT2D eigenvalue weighted by Gasteiger charge is -2.27. The minimum Gasteiger partial charge on any atom is -0.490 e. The molecule has 0 bridgehead atoms. The topological polar surface area (TPSA) is 75.7 Å². The van der Waals surface area contributed by atoms with Gasteiger partial charge in [-0.1, -0.05) is 29.8 Å². The first-order valence-electron chi connectivity index (χ1n) is 9.06. The summed E-state index contributed by atoms with van der Waals surface area (Å²) in [6, 6.07) is 11.6. The molecule has 6 nitrogen and oxygen atoms in total. The lowest BCUT2D eigenvalue weighted by atomic mass is 9.93. The SMILES string of the molecule is C=CCN1C(=O)C(C)(C)COc2ccc(NS(=O)(=O)Cc3cccc(Cl)c3)cc21. The molecule has 154 valence electrons. The fourth-order valence-corrected chi connectivity index (χ4v) is 4.47. The van der Waals surface area contributed by atoms with Gasteiger partial charge in [-0.05, 0) is 49.7 Å². The molecule has 0 aliphatic carbocycles. The summed E-state index contributed by atoms with van der Waals surface area (Å²) in [5.41, 5.74) is 0.710. The fraction of sp³-hybridized carbons (Fsp3) is 0.286. The van der Waals surface area contributed by atoms with E-state index in [0.717, 1.165) is 0 Å². The number of anilines is 2. The Hall–Kier alpha value is -2.51. The molecule has 0 atom stereocenters. The molecule has 0 fully saturated rings. The quantitative estimate of drug-likeness (QED) is 0.690. The minimum atomic E-state index is -3.68. The molecule has 3 rings (SSSR count). The van der Waals surface area contributed by atoms with Gasteiger partial charge in [0.2, 0.25) is 15.9 Å². The van der Waals surface area contributed by atoms with Crippen molar-refractivity contribution in [3.05, 3.63) is 65.7 Å². The van der Waals surface area contributed by atoms with E-state index in [2.05, 4.69) is 11.3 Å². The van der Waals surface area contributed by atoms with Crippen molar-refractivity contribution < 1.29 is 17.9 Å². The van der Waals surface area contributed by atoms with Gasteiger partial charge in [0.05, 0.1) is 22.5 Å². The Labute approximate surface area is 176 Å². The van der Waals surface area contributed by atoms with E-state index in [0.29, 0.717) is 27.7 Å². The Morgan fingerprint density at radius 1 is 1.28 bits per heavy atom. The van der Waals surface area contributed by atoms with Crippen molar-refractivity contribution in [2.45, 2.75) is 19.6 Å². The molecule has 2 aromatic carbocycles. The third-order valence-corrected chi connectivity index (χ3v) is 5.99. The van der Waals surface area contributed by atoms with Crippen molar-refractivity contribution in [2.24, 2.45) is 5.41 Å². The zero-order valence-electron chi connectivity index (χ0n) is 16.3. The van der Waals surface area contributed by atoms with Gasteiger partial charge in [0.25, 0.3) is 0 Å². The third-order valence-electron chi connectivity index (χ3n) is 4.49. The molecular formula is C21H23ClN2O4S. The first-order valence-corrected chi connectivity index (χ1v) is 11.1. The Morgan fingerprint density at radius 3 is 2.72 bits per heavy atom. The van der Waals surface area contributed by atoms with Crippen LogP contribution in [0, 0.1) is 5.41 Å². The molecular weight excluding hydrogens is 412 g/mol. The molecule has 0 aromatic heterocycles. The number of nitrogens with one attached hydrogen (secondary N) is 1. The van der Waals surface area contributed by atoms with Gasteiger partial charge in [-0.25, -0.2) is 8.42 Å². The average Bonchev–Trinajstić information content (AvgIpc) is 2.71. The van der Waals surface area contributed by atoms with Crippen LogP contribution >= 0.6 is 11.6 Å². The largest absolute Gasteiger partial charge is 0.490 e. The first-order chi connectivity index (χ1) is 13.6. The summed E-state index contributed by atoms with van der Waals surface area (Å²) < 4.78 is 33.6. The lowest BCUT2D eigenvalue weighted by molar-refractivity contribution is -0.127. The van der Waals surface area contributed by atoms with Gasteiger partial charge in [-0.2, -0.15) is 0 Å². The predicted molar refractivity (Wildman–Crippen MR) is 116 cm³/mol. The van der Waals surface area contributed by atoms with E-state index < -0.39 is 15.4 Å². The van der Waals surface area contributed by atoms with E-state index in [4.69, 9.17) is 16.3 Å². The van der Waals surface area contributed by atoms with E-state index in [1.165, 1.54) is 0 Å². The highest BCUT2D eigenvalue weighted by atomic mass is 35.5. The Bertz CT molecular complexity index is 1050. The van der Waals surface area contributed by atoms with E-state index >= 15 is 0 Å². The standard InChI is InChI=1S/C21H23ClN2O4S/c1-4-10-24-18-12-17(8-9-19(18)28-14-21(2,3)20(24)25)23-29(26,27)13-15-6-5-7-16(22)11-15/h4-9,11-12,23H,1,10,13-14H2,2-3H3. The maximum absolute atomic E-state index is 12.9. The van der Waals surface area contributed by atoms with Crippen LogP contribution in [-0.4, -0.2) is 27.5 Å². The van der Waals surface area contributed by atoms with E-state index in [1.54, 1.807) is 53.4 Å². The van der Waals surface area contributed by atoms with E-state index in [1.807, 2.05) is 13.8 Å². The van der Waals surface area contributed by atoms with Crippen LogP contribution in [-0.2, 0) is 20.6 Å². The van der Waals surface area contributed by atoms with E-state index in [9.17, 15) is 13.2 Å². The van der Waals surface area contributed by atoms with Crippen molar-refractivity contribution in [3.8, 4) is 5.75 Å². The number of nitrogens with zero attached hydrogens (tertiary/aromatic N) is 1. The number of sulfonamides is 1. The number of amides is 1. The molecule has 0 spiro atoms. The maximum atomic E-state index is 12.9. The van der Waals surface area contributed by atoms with Gasteiger partial charge in [-0.3, -0.25) is 9.52 Å². The second-order valence-corrected chi connectivity index (χ2v) is 9.71. The number of carbonyl (C=O) groups is 1. The number of halogens is 1. The molecule has 1 aliphatic heterocycles. The van der Waals surface area contributed by atoms with Crippen molar-refractivity contribution >= 4 is 38.9 Å². The summed E-state index contributed by atoms with van der Waals surface area (Å²) in [4.78, 5) is 14.5. The third kappa shape index (κ3) is 4.92. The summed E-state index contributed by atoms with van der Waals surface area (Å²) in [5.74, 6) is 0.183. The number of rotatable bonds is 6. The van der Waals surface area contributed by atoms with Crippen LogP contribution in [0.1, 0.15) is 19.4 Å². The molecule has 29 heavy (non-hydrogen) atoms. The van der Waals surface area contributed by atoms with Gasteiger partial charge < -0.3 is 9.64 Å². The van der Waals surface area contributed by atoms with Crippen molar-refractivity contribution in [2.75, 3.05) is 22.8 Å². The normalized spacial score (nSPS) is 15.8. The smallest absolute Gasteiger partial charge is 0.236 e. The molecule has 2 aromatic rings. The molecule has 0 saturated heterocycles. The summed E-state index contributed by atoms with van der Waals surface area (Å²) in [7, 11) is -3.68. The molecule has 1 amide bonds. The summed E-state index contributed by atoms with van der Waals surface area (Å²) in [6.45, 7) is 7.86. The number of carbonyl (C=O) groups excluding carboxylic acids is 1. The van der Waals surface area contributed by atoms with Crippen molar-refractivity contribution in [1.82, 2.24) is 0 Å². The molecule has 0 unspecified atom stereocenters. The van der Waals surface area contributed by atoms with Gasteiger partial charge >= 0.3 is 0 Å². The van der Waals surface area contributed by atoms with Crippen molar-refractivity contribution in [1.29, 1.82) is 0 Å². The fourth-order valence-electron chi connectivity index (χ4n) is 3.08. The maximum Gasteiger partial charge on any atom is 0.236 e. The zero-order valence-corrected chi connectivity index (χ0v) is 17.9. The average molecular weight is 435 g/mol. The highest BCUT2D eigenvalue weighted by Crippen LogP contribution is 2.38. The van der Waals surface area contributed by atoms with Gasteiger partial charge in [0, 0.05) is 11.6 Å². The minimum absolute atomic E-state index is 0.116. The second-order valence-electron chi connectivity index (χ2n) is 7.55. The number of hydrogen-bond acceptors (Lipinski definition) is 4. The molecule has 1 N–H and O–H groups in total. The Kier molecular flexibility index (Phi) is 5.91. The summed E-state index contributed by atoms with van der Waals surface area (Å²) >= 11 is 5.94. The van der Waals surface area contributed by atoms with Gasteiger partial charge in [-0.15, -0.1) is 6.58 Å². The molecule has 1 heterocycles. The zero-order chi connectivity index (χ0) is 21.2. The molecule has 1 aliphatic rings. The van der Waals surface area contributed by atoms with Crippen LogP contribution < -0.4 is 14.4 Å². The van der Waals surface area contributed by atoms with E-state index in [-0.39, 0.29) is 24.8 Å². The van der Waals surface area contributed by atoms with Gasteiger partial charge in [0.1, 0.15) is 12.4 Å². The highest BCUT2D eigenvalue weighted by molar-refractivity contribution is 7.91. The Balaban J connectivity index is 1.90. The van der Waals surface area contributed by atoms with Gasteiger partial charge in [0.15, 0.2) is 0 Å². The number of benzene rings is 2. The summed E-state index contributed by atoms with van der Waals surface area (Å²) in [6.07, 6.45) is 1.62. The van der Waals surface area contributed by atoms with Crippen molar-refractivity contribution in [3.63, 3.8) is 0 Å². The highest BCUT2D eigenvalue weighted by Gasteiger charge is 2.37. The van der Waals surface area contributed by atoms with Crippen LogP contribution in [0.4, 0.5) is 11.4 Å². The van der Waals surface area contributed by atoms with Crippen LogP contribution in [0.2, 0.25) is 5.02 Å². The number of fused-ring (bicyclic) bond motifs is 1. The predicted octanol–water partition coefficient (Wildman–Crippen LogP) is 4.22. The Morgan fingerprint density at radius 2 is 2.03 bits per heavy atom. The first kappa shape index (κ1) is 21.2. The van der Waals surface area contributed by atoms with Crippen LogP contribution in [0.25, 0.3) is 0 Å². The summed E-state index contributed by atoms with van der Waals surface area (Å²) in [5, 5.41) is 0.473. The lowest BCUT2D eigenvalue weighted by Crippen LogP contribution is -2.42. The molecule has 0 saturated carbocycles. The monoisotopic (exact) mass is 434 g/mol. The van der Waals surface area contributed by atoms with Crippen LogP contribution in [0.3, 0.4) is 0 Å². The second kappa shape index (κ2) is 8.08. The number of hydrogen-bond donors (Lipinski definition) is 1. The van der Waals surface area contributed by atoms with Crippen LogP contribution in [0.15, 0.2) is 55.1 Å². The van der Waals surface area contributed by atoms with Crippen LogP contribution in [0.5, 0.6) is 5.75 Å². The molecule has 8 heteroatoms. The number of ether oxygens (including phenoxy) is 1. The molecule has 0 radical (unpaired) electrons.